The van der Waals surface area contributed by atoms with Crippen LogP contribution in [-0.4, -0.2) is 10.8 Å². The zero-order valence-corrected chi connectivity index (χ0v) is 9.69. The molecule has 0 spiro atoms. The van der Waals surface area contributed by atoms with Gasteiger partial charge in [0.1, 0.15) is 5.82 Å². The van der Waals surface area contributed by atoms with Crippen LogP contribution >= 0.6 is 22.9 Å². The number of hydrogen-bond acceptors (Lipinski definition) is 3. The lowest BCUT2D eigenvalue weighted by atomic mass is 10.1. The summed E-state index contributed by atoms with van der Waals surface area (Å²) in [4.78, 5) is 16.1. The Balaban J connectivity index is 2.22. The minimum atomic E-state index is -0.503. The largest absolute Gasteiger partial charge is 0.293 e. The normalized spacial score (nSPS) is 10.4. The highest BCUT2D eigenvalue weighted by Gasteiger charge is 2.12. The molecule has 2 nitrogen and oxygen atoms in total. The lowest BCUT2D eigenvalue weighted by Crippen LogP contribution is -2.02. The van der Waals surface area contributed by atoms with Gasteiger partial charge in [-0.15, -0.1) is 11.3 Å². The number of carbonyl (C=O) groups is 1. The van der Waals surface area contributed by atoms with Gasteiger partial charge in [0, 0.05) is 12.6 Å². The second-order valence-electron chi connectivity index (χ2n) is 3.18. The molecular weight excluding hydrogens is 249 g/mol. The van der Waals surface area contributed by atoms with Crippen LogP contribution < -0.4 is 0 Å². The Labute approximate surface area is 101 Å². The number of carbonyl (C=O) groups excluding carboxylic acids is 1. The van der Waals surface area contributed by atoms with Gasteiger partial charge in [0.2, 0.25) is 0 Å². The van der Waals surface area contributed by atoms with E-state index >= 15 is 0 Å². The average molecular weight is 256 g/mol. The molecule has 0 unspecified atom stereocenters. The van der Waals surface area contributed by atoms with Crippen molar-refractivity contribution in [1.29, 1.82) is 0 Å². The topological polar surface area (TPSA) is 30.0 Å². The van der Waals surface area contributed by atoms with Crippen LogP contribution in [0.25, 0.3) is 0 Å². The highest BCUT2D eigenvalue weighted by Crippen LogP contribution is 2.21. The molecule has 82 valence electrons. The van der Waals surface area contributed by atoms with E-state index in [1.54, 1.807) is 11.6 Å². The first-order chi connectivity index (χ1) is 7.68. The first-order valence-corrected chi connectivity index (χ1v) is 5.79. The molecule has 0 saturated heterocycles. The van der Waals surface area contributed by atoms with Crippen LogP contribution in [0.1, 0.15) is 15.2 Å². The van der Waals surface area contributed by atoms with Gasteiger partial charge in [-0.1, -0.05) is 23.7 Å². The predicted molar refractivity (Wildman–Crippen MR) is 61.6 cm³/mol. The van der Waals surface area contributed by atoms with E-state index in [9.17, 15) is 9.18 Å². The summed E-state index contributed by atoms with van der Waals surface area (Å²) in [7, 11) is 0. The Morgan fingerprint density at radius 3 is 3.00 bits per heavy atom. The zero-order chi connectivity index (χ0) is 11.5. The summed E-state index contributed by atoms with van der Waals surface area (Å²) in [5.74, 6) is -0.605. The van der Waals surface area contributed by atoms with E-state index in [0.717, 1.165) is 0 Å². The monoisotopic (exact) mass is 255 g/mol. The number of aromatic nitrogens is 1. The maximum absolute atomic E-state index is 13.1. The van der Waals surface area contributed by atoms with Crippen molar-refractivity contribution in [2.75, 3.05) is 0 Å². The third-order valence-corrected chi connectivity index (χ3v) is 3.33. The minimum absolute atomic E-state index is 0.0142. The van der Waals surface area contributed by atoms with Gasteiger partial charge in [0.25, 0.3) is 0 Å². The fourth-order valence-electron chi connectivity index (χ4n) is 1.30. The number of halogens is 2. The Hall–Kier alpha value is -1.26. The van der Waals surface area contributed by atoms with Crippen molar-refractivity contribution < 1.29 is 9.18 Å². The summed E-state index contributed by atoms with van der Waals surface area (Å²) in [6, 6.07) is 4.45. The van der Waals surface area contributed by atoms with Gasteiger partial charge in [-0.3, -0.25) is 9.78 Å². The zero-order valence-electron chi connectivity index (χ0n) is 8.11. The number of nitrogens with zero attached hydrogens (tertiary/aromatic N) is 1. The number of thiazole rings is 1. The molecule has 1 aromatic carbocycles. The van der Waals surface area contributed by atoms with Crippen molar-refractivity contribution in [2.45, 2.75) is 6.42 Å². The van der Waals surface area contributed by atoms with Crippen molar-refractivity contribution >= 4 is 28.7 Å². The fraction of sp³-hybridized carbons (Fsp3) is 0.0909. The Bertz CT molecular complexity index is 513. The summed E-state index contributed by atoms with van der Waals surface area (Å²) in [6.07, 6.45) is 1.60. The van der Waals surface area contributed by atoms with Crippen molar-refractivity contribution in [1.82, 2.24) is 4.98 Å². The summed E-state index contributed by atoms with van der Waals surface area (Å²) in [5, 5.41) is 0.0142. The van der Waals surface area contributed by atoms with E-state index in [2.05, 4.69) is 4.98 Å². The van der Waals surface area contributed by atoms with Gasteiger partial charge in [-0.05, 0) is 11.6 Å². The molecule has 16 heavy (non-hydrogen) atoms. The quantitative estimate of drug-likeness (QED) is 0.787. The molecule has 2 rings (SSSR count). The average Bonchev–Trinajstić information content (AvgIpc) is 2.78. The number of benzene rings is 1. The second kappa shape index (κ2) is 4.72. The van der Waals surface area contributed by atoms with Crippen LogP contribution in [0, 0.1) is 5.82 Å². The SMILES string of the molecule is O=C(Cc1cccc(F)c1Cl)c1cncs1. The smallest absolute Gasteiger partial charge is 0.178 e. The van der Waals surface area contributed by atoms with E-state index < -0.39 is 5.82 Å². The van der Waals surface area contributed by atoms with Crippen molar-refractivity contribution in [2.24, 2.45) is 0 Å². The molecule has 2 aromatic rings. The summed E-state index contributed by atoms with van der Waals surface area (Å²) < 4.78 is 13.1. The Morgan fingerprint density at radius 1 is 1.50 bits per heavy atom. The van der Waals surface area contributed by atoms with E-state index in [4.69, 9.17) is 11.6 Å². The maximum Gasteiger partial charge on any atom is 0.178 e. The standard InChI is InChI=1S/C11H7ClFNOS/c12-11-7(2-1-3-8(11)13)4-9(15)10-5-14-6-16-10/h1-3,5-6H,4H2. The number of ketones is 1. The third kappa shape index (κ3) is 2.28. The van der Waals surface area contributed by atoms with E-state index in [1.165, 1.54) is 29.7 Å². The van der Waals surface area contributed by atoms with Crippen molar-refractivity contribution in [3.8, 4) is 0 Å². The molecule has 0 fully saturated rings. The molecule has 1 aromatic heterocycles. The number of Topliss-reactive ketones (excluding diaryl/α,β-unsaturated/α-hetero) is 1. The van der Waals surface area contributed by atoms with Crippen molar-refractivity contribution in [3.05, 3.63) is 51.2 Å². The van der Waals surface area contributed by atoms with E-state index in [-0.39, 0.29) is 17.2 Å². The summed E-state index contributed by atoms with van der Waals surface area (Å²) in [6.45, 7) is 0. The van der Waals surface area contributed by atoms with Gasteiger partial charge in [0.05, 0.1) is 15.4 Å². The molecule has 0 radical (unpaired) electrons. The molecule has 0 atom stereocenters. The molecule has 0 amide bonds. The van der Waals surface area contributed by atoms with Crippen LogP contribution in [0.3, 0.4) is 0 Å². The Morgan fingerprint density at radius 2 is 2.31 bits per heavy atom. The molecule has 0 aliphatic rings. The predicted octanol–water partition coefficient (Wildman–Crippen LogP) is 3.36. The first-order valence-electron chi connectivity index (χ1n) is 4.53. The molecule has 1 heterocycles. The highest BCUT2D eigenvalue weighted by molar-refractivity contribution is 7.11. The van der Waals surface area contributed by atoms with Gasteiger partial charge in [-0.2, -0.15) is 0 Å². The molecule has 5 heteroatoms. The lowest BCUT2D eigenvalue weighted by Gasteiger charge is -2.02. The van der Waals surface area contributed by atoms with Gasteiger partial charge < -0.3 is 0 Å². The molecule has 0 aliphatic carbocycles. The minimum Gasteiger partial charge on any atom is -0.293 e. The van der Waals surface area contributed by atoms with Gasteiger partial charge >= 0.3 is 0 Å². The number of rotatable bonds is 3. The summed E-state index contributed by atoms with van der Waals surface area (Å²) >= 11 is 7.02. The maximum atomic E-state index is 13.1. The molecule has 0 saturated carbocycles. The fourth-order valence-corrected chi connectivity index (χ4v) is 2.05. The molecule has 0 bridgehead atoms. The van der Waals surface area contributed by atoms with Crippen LogP contribution in [0.5, 0.6) is 0 Å². The van der Waals surface area contributed by atoms with Crippen LogP contribution in [-0.2, 0) is 6.42 Å². The summed E-state index contributed by atoms with van der Waals surface area (Å²) in [5.41, 5.74) is 2.08. The van der Waals surface area contributed by atoms with E-state index in [0.29, 0.717) is 10.4 Å². The van der Waals surface area contributed by atoms with Crippen LogP contribution in [0.4, 0.5) is 4.39 Å². The molecular formula is C11H7ClFNOS. The van der Waals surface area contributed by atoms with Crippen LogP contribution in [0.2, 0.25) is 5.02 Å². The third-order valence-electron chi connectivity index (χ3n) is 2.09. The molecule has 0 N–H and O–H groups in total. The lowest BCUT2D eigenvalue weighted by molar-refractivity contribution is 0.0996. The second-order valence-corrected chi connectivity index (χ2v) is 4.44. The highest BCUT2D eigenvalue weighted by atomic mass is 35.5. The van der Waals surface area contributed by atoms with Crippen LogP contribution in [0.15, 0.2) is 29.9 Å². The van der Waals surface area contributed by atoms with Crippen molar-refractivity contribution in [3.63, 3.8) is 0 Å². The number of hydrogen-bond donors (Lipinski definition) is 0. The Kier molecular flexibility index (Phi) is 3.31. The van der Waals surface area contributed by atoms with Gasteiger partial charge in [0.15, 0.2) is 5.78 Å². The van der Waals surface area contributed by atoms with Gasteiger partial charge in [-0.25, -0.2) is 4.39 Å². The van der Waals surface area contributed by atoms with E-state index in [1.807, 2.05) is 0 Å². The molecule has 0 aliphatic heterocycles. The first kappa shape index (κ1) is 11.2.